The van der Waals surface area contributed by atoms with Gasteiger partial charge < -0.3 is 9.47 Å². The summed E-state index contributed by atoms with van der Waals surface area (Å²) in [7, 11) is 0. The van der Waals surface area contributed by atoms with E-state index >= 15 is 0 Å². The van der Waals surface area contributed by atoms with Gasteiger partial charge in [-0.2, -0.15) is 0 Å². The van der Waals surface area contributed by atoms with E-state index in [-0.39, 0.29) is 18.5 Å². The molecule has 27 heavy (non-hydrogen) atoms. The standard InChI is InChI=1S/C21H20F2N2O2/c22-16-5-6-19(23)21(11-16)27-14-17-13-25(9-10-26-17)12-15-7-8-24-20-4-2-1-3-18(15)20/h1-8,11,17H,9-10,12-14H2. The van der Waals surface area contributed by atoms with Crippen LogP contribution in [0.15, 0.2) is 54.7 Å². The number of rotatable bonds is 5. The van der Waals surface area contributed by atoms with E-state index in [4.69, 9.17) is 9.47 Å². The number of ether oxygens (including phenoxy) is 2. The number of hydrogen-bond acceptors (Lipinski definition) is 4. The highest BCUT2D eigenvalue weighted by Gasteiger charge is 2.22. The summed E-state index contributed by atoms with van der Waals surface area (Å²) in [6.07, 6.45) is 1.63. The minimum absolute atomic E-state index is 0.0872. The van der Waals surface area contributed by atoms with Gasteiger partial charge in [-0.1, -0.05) is 18.2 Å². The molecule has 1 aliphatic rings. The van der Waals surface area contributed by atoms with E-state index in [1.165, 1.54) is 5.56 Å². The molecule has 3 aromatic rings. The summed E-state index contributed by atoms with van der Waals surface area (Å²) < 4.78 is 38.1. The molecule has 2 heterocycles. The van der Waals surface area contributed by atoms with Crippen molar-refractivity contribution in [3.8, 4) is 5.75 Å². The van der Waals surface area contributed by atoms with Crippen LogP contribution in [-0.4, -0.2) is 42.3 Å². The molecule has 1 atom stereocenters. The molecule has 0 spiro atoms. The fourth-order valence-electron chi connectivity index (χ4n) is 3.33. The zero-order chi connectivity index (χ0) is 18.6. The molecule has 1 aromatic heterocycles. The monoisotopic (exact) mass is 370 g/mol. The molecule has 1 unspecified atom stereocenters. The Morgan fingerprint density at radius 1 is 1.15 bits per heavy atom. The van der Waals surface area contributed by atoms with Crippen LogP contribution >= 0.6 is 0 Å². The number of halogens is 2. The third-order valence-electron chi connectivity index (χ3n) is 4.67. The molecule has 0 N–H and O–H groups in total. The Balaban J connectivity index is 1.40. The van der Waals surface area contributed by atoms with Gasteiger partial charge in [0.1, 0.15) is 18.5 Å². The molecule has 0 amide bonds. The summed E-state index contributed by atoms with van der Waals surface area (Å²) in [5.74, 6) is -1.19. The van der Waals surface area contributed by atoms with Crippen molar-refractivity contribution in [2.75, 3.05) is 26.3 Å². The average molecular weight is 370 g/mol. The summed E-state index contributed by atoms with van der Waals surface area (Å²) >= 11 is 0. The van der Waals surface area contributed by atoms with E-state index in [9.17, 15) is 8.78 Å². The van der Waals surface area contributed by atoms with Crippen LogP contribution in [0.5, 0.6) is 5.75 Å². The maximum Gasteiger partial charge on any atom is 0.165 e. The summed E-state index contributed by atoms with van der Waals surface area (Å²) in [4.78, 5) is 6.68. The van der Waals surface area contributed by atoms with E-state index < -0.39 is 11.6 Å². The molecule has 0 radical (unpaired) electrons. The van der Waals surface area contributed by atoms with Crippen LogP contribution in [0.2, 0.25) is 0 Å². The van der Waals surface area contributed by atoms with Gasteiger partial charge >= 0.3 is 0 Å². The lowest BCUT2D eigenvalue weighted by Crippen LogP contribution is -2.44. The van der Waals surface area contributed by atoms with E-state index in [0.29, 0.717) is 13.2 Å². The second-order valence-corrected chi connectivity index (χ2v) is 6.60. The molecular formula is C21H20F2N2O2. The predicted octanol–water partition coefficient (Wildman–Crippen LogP) is 3.79. The highest BCUT2D eigenvalue weighted by atomic mass is 19.1. The van der Waals surface area contributed by atoms with Crippen LogP contribution in [-0.2, 0) is 11.3 Å². The quantitative estimate of drug-likeness (QED) is 0.684. The van der Waals surface area contributed by atoms with Crippen molar-refractivity contribution in [3.05, 3.63) is 71.9 Å². The van der Waals surface area contributed by atoms with E-state index in [2.05, 4.69) is 16.0 Å². The molecular weight excluding hydrogens is 350 g/mol. The van der Waals surface area contributed by atoms with Crippen molar-refractivity contribution in [1.29, 1.82) is 0 Å². The molecule has 4 nitrogen and oxygen atoms in total. The van der Waals surface area contributed by atoms with Gasteiger partial charge in [-0.15, -0.1) is 0 Å². The topological polar surface area (TPSA) is 34.6 Å². The number of pyridine rings is 1. The number of para-hydroxylation sites is 1. The van der Waals surface area contributed by atoms with Gasteiger partial charge in [-0.25, -0.2) is 8.78 Å². The molecule has 1 fully saturated rings. The summed E-state index contributed by atoms with van der Waals surface area (Å²) in [5, 5.41) is 1.14. The molecule has 6 heteroatoms. The summed E-state index contributed by atoms with van der Waals surface area (Å²) in [6.45, 7) is 2.99. The Labute approximate surface area is 156 Å². The third-order valence-corrected chi connectivity index (χ3v) is 4.67. The van der Waals surface area contributed by atoms with Crippen LogP contribution < -0.4 is 4.74 Å². The minimum atomic E-state index is -0.577. The summed E-state index contributed by atoms with van der Waals surface area (Å²) in [5.41, 5.74) is 2.18. The Hall–Kier alpha value is -2.57. The van der Waals surface area contributed by atoms with Gasteiger partial charge in [0.15, 0.2) is 11.6 Å². The second-order valence-electron chi connectivity index (χ2n) is 6.60. The van der Waals surface area contributed by atoms with Crippen molar-refractivity contribution in [3.63, 3.8) is 0 Å². The first-order chi connectivity index (χ1) is 13.2. The first-order valence-corrected chi connectivity index (χ1v) is 8.93. The van der Waals surface area contributed by atoms with E-state index in [1.54, 1.807) is 0 Å². The van der Waals surface area contributed by atoms with Crippen molar-refractivity contribution in [2.24, 2.45) is 0 Å². The van der Waals surface area contributed by atoms with Crippen LogP contribution in [0, 0.1) is 11.6 Å². The first-order valence-electron chi connectivity index (χ1n) is 8.93. The van der Waals surface area contributed by atoms with Crippen LogP contribution in [0.3, 0.4) is 0 Å². The SMILES string of the molecule is Fc1ccc(F)c(OCC2CN(Cc3ccnc4ccccc34)CCO2)c1. The van der Waals surface area contributed by atoms with Crippen molar-refractivity contribution < 1.29 is 18.3 Å². The Morgan fingerprint density at radius 2 is 2.04 bits per heavy atom. The zero-order valence-electron chi connectivity index (χ0n) is 14.8. The maximum absolute atomic E-state index is 13.7. The van der Waals surface area contributed by atoms with Crippen molar-refractivity contribution in [1.82, 2.24) is 9.88 Å². The Morgan fingerprint density at radius 3 is 2.96 bits per heavy atom. The van der Waals surface area contributed by atoms with Gasteiger partial charge in [0.05, 0.1) is 12.1 Å². The molecule has 0 bridgehead atoms. The molecule has 2 aromatic carbocycles. The van der Waals surface area contributed by atoms with Crippen LogP contribution in [0.1, 0.15) is 5.56 Å². The predicted molar refractivity (Wildman–Crippen MR) is 98.6 cm³/mol. The van der Waals surface area contributed by atoms with Gasteiger partial charge in [-0.05, 0) is 29.8 Å². The third kappa shape index (κ3) is 4.23. The highest BCUT2D eigenvalue weighted by molar-refractivity contribution is 5.81. The van der Waals surface area contributed by atoms with Gasteiger partial charge in [0, 0.05) is 37.3 Å². The lowest BCUT2D eigenvalue weighted by molar-refractivity contribution is -0.0508. The maximum atomic E-state index is 13.7. The number of aromatic nitrogens is 1. The number of benzene rings is 2. The fraction of sp³-hybridized carbons (Fsp3) is 0.286. The smallest absolute Gasteiger partial charge is 0.165 e. The van der Waals surface area contributed by atoms with Gasteiger partial charge in [-0.3, -0.25) is 9.88 Å². The summed E-state index contributed by atoms with van der Waals surface area (Å²) in [6, 6.07) is 13.3. The van der Waals surface area contributed by atoms with Crippen LogP contribution in [0.4, 0.5) is 8.78 Å². The van der Waals surface area contributed by atoms with Gasteiger partial charge in [0.25, 0.3) is 0 Å². The Bertz CT molecular complexity index is 930. The molecule has 0 saturated carbocycles. The van der Waals surface area contributed by atoms with Crippen molar-refractivity contribution >= 4 is 10.9 Å². The first kappa shape index (κ1) is 17.8. The van der Waals surface area contributed by atoms with E-state index in [0.717, 1.165) is 42.2 Å². The minimum Gasteiger partial charge on any atom is -0.488 e. The molecule has 140 valence electrons. The van der Waals surface area contributed by atoms with Crippen LogP contribution in [0.25, 0.3) is 10.9 Å². The average Bonchev–Trinajstić information content (AvgIpc) is 2.69. The highest BCUT2D eigenvalue weighted by Crippen LogP contribution is 2.21. The largest absolute Gasteiger partial charge is 0.488 e. The number of morpholine rings is 1. The molecule has 1 aliphatic heterocycles. The molecule has 1 saturated heterocycles. The number of nitrogens with zero attached hydrogens (tertiary/aromatic N) is 2. The molecule has 0 aliphatic carbocycles. The van der Waals surface area contributed by atoms with Crippen molar-refractivity contribution in [2.45, 2.75) is 12.6 Å². The number of hydrogen-bond donors (Lipinski definition) is 0. The molecule has 4 rings (SSSR count). The van der Waals surface area contributed by atoms with Gasteiger partial charge in [0.2, 0.25) is 0 Å². The lowest BCUT2D eigenvalue weighted by Gasteiger charge is -2.33. The fourth-order valence-corrected chi connectivity index (χ4v) is 3.33. The number of fused-ring (bicyclic) bond motifs is 1. The zero-order valence-corrected chi connectivity index (χ0v) is 14.8. The second kappa shape index (κ2) is 7.98. The van der Waals surface area contributed by atoms with E-state index in [1.807, 2.05) is 30.5 Å². The lowest BCUT2D eigenvalue weighted by atomic mass is 10.1. The Kier molecular flexibility index (Phi) is 5.27. The normalized spacial score (nSPS) is 17.9.